The molecule has 0 radical (unpaired) electrons. The predicted molar refractivity (Wildman–Crippen MR) is 113 cm³/mol. The summed E-state index contributed by atoms with van der Waals surface area (Å²) in [6.07, 6.45) is 0. The number of para-hydroxylation sites is 2. The number of hydrogen-bond acceptors (Lipinski definition) is 8. The molecule has 0 aromatic heterocycles. The van der Waals surface area contributed by atoms with Gasteiger partial charge in [-0.3, -0.25) is 9.69 Å². The first-order chi connectivity index (χ1) is 14.8. The number of carboxylic acid groups (broad SMARTS) is 1. The number of hydrogen-bond donors (Lipinski definition) is 6. The van der Waals surface area contributed by atoms with Gasteiger partial charge in [-0.15, -0.1) is 0 Å². The van der Waals surface area contributed by atoms with Crippen LogP contribution in [0.5, 0.6) is 11.5 Å². The number of carbonyl (C=O) groups is 1. The van der Waals surface area contributed by atoms with Gasteiger partial charge in [-0.1, -0.05) is 36.4 Å². The summed E-state index contributed by atoms with van der Waals surface area (Å²) >= 11 is 0. The third-order valence-electron chi connectivity index (χ3n) is 5.15. The largest absolute Gasteiger partial charge is 0.507 e. The molecule has 0 aliphatic heterocycles. The van der Waals surface area contributed by atoms with Crippen LogP contribution in [0.4, 0.5) is 0 Å². The van der Waals surface area contributed by atoms with Crippen molar-refractivity contribution in [2.45, 2.75) is 32.3 Å². The van der Waals surface area contributed by atoms with Crippen LogP contribution < -0.4 is 0 Å². The molecule has 0 heterocycles. The van der Waals surface area contributed by atoms with Crippen molar-refractivity contribution in [2.75, 3.05) is 26.7 Å². The zero-order valence-corrected chi connectivity index (χ0v) is 17.5. The molecule has 0 aliphatic carbocycles. The third kappa shape index (κ3) is 6.65. The molecule has 9 heteroatoms. The van der Waals surface area contributed by atoms with Gasteiger partial charge in [-0.05, 0) is 7.05 Å². The van der Waals surface area contributed by atoms with E-state index >= 15 is 0 Å². The summed E-state index contributed by atoms with van der Waals surface area (Å²) in [7, 11) is 1.77. The summed E-state index contributed by atoms with van der Waals surface area (Å²) in [6, 6.07) is 9.39. The summed E-state index contributed by atoms with van der Waals surface area (Å²) in [5.41, 5.74) is 1.80. The average molecular weight is 434 g/mol. The van der Waals surface area contributed by atoms with E-state index in [0.717, 1.165) is 0 Å². The van der Waals surface area contributed by atoms with Crippen LogP contribution >= 0.6 is 0 Å². The highest BCUT2D eigenvalue weighted by Gasteiger charge is 2.24. The minimum atomic E-state index is -1.08. The Balaban J connectivity index is 2.18. The fourth-order valence-electron chi connectivity index (χ4n) is 3.51. The monoisotopic (exact) mass is 434 g/mol. The van der Waals surface area contributed by atoms with Crippen molar-refractivity contribution >= 4 is 5.97 Å². The summed E-state index contributed by atoms with van der Waals surface area (Å²) in [4.78, 5) is 14.8. The second kappa shape index (κ2) is 11.6. The lowest BCUT2D eigenvalue weighted by Gasteiger charge is -2.32. The normalized spacial score (nSPS) is 12.5. The summed E-state index contributed by atoms with van der Waals surface area (Å²) in [6.45, 7) is -0.633. The van der Waals surface area contributed by atoms with Gasteiger partial charge in [0.15, 0.2) is 0 Å². The fraction of sp³-hybridized carbons (Fsp3) is 0.409. The Hall–Kier alpha value is -2.69. The zero-order chi connectivity index (χ0) is 23.0. The first-order valence-electron chi connectivity index (χ1n) is 9.87. The lowest BCUT2D eigenvalue weighted by Crippen LogP contribution is -2.46. The Labute approximate surface area is 181 Å². The van der Waals surface area contributed by atoms with Crippen molar-refractivity contribution in [1.29, 1.82) is 0 Å². The van der Waals surface area contributed by atoms with E-state index < -0.39 is 12.0 Å². The SMILES string of the molecule is CN(Cc1cccc(CO)c1O)CC(CO)N(CC(=O)O)Cc1cccc(CO)c1O. The topological polar surface area (TPSA) is 145 Å². The van der Waals surface area contributed by atoms with Crippen molar-refractivity contribution < 1.29 is 35.4 Å². The summed E-state index contributed by atoms with van der Waals surface area (Å²) in [5.74, 6) is -1.17. The highest BCUT2D eigenvalue weighted by Crippen LogP contribution is 2.26. The zero-order valence-electron chi connectivity index (χ0n) is 17.5. The molecular weight excluding hydrogens is 404 g/mol. The van der Waals surface area contributed by atoms with Gasteiger partial charge in [-0.25, -0.2) is 0 Å². The first kappa shape index (κ1) is 24.6. The van der Waals surface area contributed by atoms with Gasteiger partial charge in [0.1, 0.15) is 11.5 Å². The average Bonchev–Trinajstić information content (AvgIpc) is 2.74. The molecule has 0 fully saturated rings. The number of phenols is 2. The number of aliphatic hydroxyl groups excluding tert-OH is 3. The van der Waals surface area contributed by atoms with Gasteiger partial charge in [0.25, 0.3) is 0 Å². The van der Waals surface area contributed by atoms with E-state index in [-0.39, 0.29) is 51.0 Å². The predicted octanol–water partition coefficient (Wildman–Crippen LogP) is 0.462. The van der Waals surface area contributed by atoms with Gasteiger partial charge in [0.05, 0.1) is 26.4 Å². The molecule has 0 bridgehead atoms. The molecular formula is C22H30N2O7. The summed E-state index contributed by atoms with van der Waals surface area (Å²) in [5, 5.41) is 58.6. The first-order valence-corrected chi connectivity index (χ1v) is 9.87. The lowest BCUT2D eigenvalue weighted by atomic mass is 10.1. The molecule has 1 atom stereocenters. The number of aromatic hydroxyl groups is 2. The molecule has 0 amide bonds. The van der Waals surface area contributed by atoms with E-state index in [1.54, 1.807) is 48.3 Å². The number of aliphatic carboxylic acids is 1. The molecule has 0 spiro atoms. The maximum absolute atomic E-state index is 11.4. The number of benzene rings is 2. The van der Waals surface area contributed by atoms with E-state index in [4.69, 9.17) is 0 Å². The molecule has 0 saturated carbocycles. The van der Waals surface area contributed by atoms with Crippen molar-refractivity contribution in [1.82, 2.24) is 9.80 Å². The Morgan fingerprint density at radius 1 is 0.871 bits per heavy atom. The van der Waals surface area contributed by atoms with Gasteiger partial charge in [-0.2, -0.15) is 0 Å². The van der Waals surface area contributed by atoms with E-state index in [2.05, 4.69) is 0 Å². The Morgan fingerprint density at radius 2 is 1.35 bits per heavy atom. The number of aliphatic hydroxyl groups is 3. The van der Waals surface area contributed by atoms with Crippen molar-refractivity contribution in [3.05, 3.63) is 58.7 Å². The molecule has 2 aromatic carbocycles. The van der Waals surface area contributed by atoms with Crippen molar-refractivity contribution in [3.63, 3.8) is 0 Å². The van der Waals surface area contributed by atoms with Crippen molar-refractivity contribution in [3.8, 4) is 11.5 Å². The lowest BCUT2D eigenvalue weighted by molar-refractivity contribution is -0.139. The summed E-state index contributed by atoms with van der Waals surface area (Å²) < 4.78 is 0. The van der Waals surface area contributed by atoms with Crippen LogP contribution in [-0.4, -0.2) is 79.2 Å². The Bertz CT molecular complexity index is 875. The number of nitrogens with zero attached hydrogens (tertiary/aromatic N) is 2. The highest BCUT2D eigenvalue weighted by molar-refractivity contribution is 5.69. The van der Waals surface area contributed by atoms with Crippen LogP contribution in [0.15, 0.2) is 36.4 Å². The van der Waals surface area contributed by atoms with Crippen LogP contribution in [0, 0.1) is 0 Å². The molecule has 2 aromatic rings. The van der Waals surface area contributed by atoms with Gasteiger partial charge < -0.3 is 35.5 Å². The second-order valence-corrected chi connectivity index (χ2v) is 7.50. The van der Waals surface area contributed by atoms with Crippen LogP contribution in [0.3, 0.4) is 0 Å². The van der Waals surface area contributed by atoms with Gasteiger partial charge >= 0.3 is 5.97 Å². The highest BCUT2D eigenvalue weighted by atomic mass is 16.4. The number of carboxylic acids is 1. The number of likely N-dealkylation sites (N-methyl/N-ethyl adjacent to an activating group) is 1. The molecule has 9 nitrogen and oxygen atoms in total. The van der Waals surface area contributed by atoms with E-state index in [1.807, 2.05) is 4.90 Å². The van der Waals surface area contributed by atoms with Gasteiger partial charge in [0, 0.05) is 47.9 Å². The second-order valence-electron chi connectivity index (χ2n) is 7.50. The van der Waals surface area contributed by atoms with E-state index in [0.29, 0.717) is 28.8 Å². The van der Waals surface area contributed by atoms with E-state index in [1.165, 1.54) is 0 Å². The van der Waals surface area contributed by atoms with Gasteiger partial charge in [0.2, 0.25) is 0 Å². The molecule has 31 heavy (non-hydrogen) atoms. The Morgan fingerprint density at radius 3 is 1.81 bits per heavy atom. The Kier molecular flexibility index (Phi) is 9.22. The fourth-order valence-corrected chi connectivity index (χ4v) is 3.51. The molecule has 6 N–H and O–H groups in total. The molecule has 1 unspecified atom stereocenters. The smallest absolute Gasteiger partial charge is 0.317 e. The maximum Gasteiger partial charge on any atom is 0.317 e. The number of rotatable bonds is 12. The minimum absolute atomic E-state index is 0.00512. The van der Waals surface area contributed by atoms with E-state index in [9.17, 15) is 35.4 Å². The molecule has 170 valence electrons. The third-order valence-corrected chi connectivity index (χ3v) is 5.15. The molecule has 0 saturated heterocycles. The van der Waals surface area contributed by atoms with Crippen LogP contribution in [0.1, 0.15) is 22.3 Å². The quantitative estimate of drug-likeness (QED) is 0.281. The standard InChI is InChI=1S/C22H30N2O7/c1-23(8-15-4-2-6-17(12-25)21(15)30)10-19(14-27)24(11-20(28)29)9-16-5-3-7-18(13-26)22(16)31/h2-7,19,25-27,30-31H,8-14H2,1H3,(H,28,29). The molecule has 0 aliphatic rings. The van der Waals surface area contributed by atoms with Crippen LogP contribution in [0.25, 0.3) is 0 Å². The van der Waals surface area contributed by atoms with Crippen LogP contribution in [0.2, 0.25) is 0 Å². The maximum atomic E-state index is 11.4. The van der Waals surface area contributed by atoms with Crippen molar-refractivity contribution in [2.24, 2.45) is 0 Å². The van der Waals surface area contributed by atoms with Crippen LogP contribution in [-0.2, 0) is 31.1 Å². The molecule has 2 rings (SSSR count). The minimum Gasteiger partial charge on any atom is -0.507 e.